The van der Waals surface area contributed by atoms with Gasteiger partial charge in [0.2, 0.25) is 5.95 Å². The molecule has 3 aliphatic rings. The predicted molar refractivity (Wildman–Crippen MR) is 120 cm³/mol. The summed E-state index contributed by atoms with van der Waals surface area (Å²) in [4.78, 5) is 9.72. The van der Waals surface area contributed by atoms with Gasteiger partial charge in [0.15, 0.2) is 0 Å². The molecule has 2 atom stereocenters. The zero-order valence-electron chi connectivity index (χ0n) is 18.1. The number of allylic oxidation sites excluding steroid dienone is 1. The number of hydrogen-bond acceptors (Lipinski definition) is 6. The molecule has 0 saturated heterocycles. The molecule has 160 valence electrons. The van der Waals surface area contributed by atoms with Gasteiger partial charge in [0, 0.05) is 37.4 Å². The van der Waals surface area contributed by atoms with E-state index in [2.05, 4.69) is 46.8 Å². The quantitative estimate of drug-likeness (QED) is 0.673. The van der Waals surface area contributed by atoms with Gasteiger partial charge in [-0.1, -0.05) is 17.4 Å². The van der Waals surface area contributed by atoms with Crippen LogP contribution in [0.2, 0.25) is 0 Å². The minimum Gasteiger partial charge on any atom is -0.381 e. The van der Waals surface area contributed by atoms with Crippen LogP contribution in [0.4, 0.5) is 5.95 Å². The van der Waals surface area contributed by atoms with E-state index in [4.69, 9.17) is 14.7 Å². The zero-order valence-corrected chi connectivity index (χ0v) is 18.1. The maximum absolute atomic E-state index is 5.50. The molecule has 3 aromatic rings. The highest BCUT2D eigenvalue weighted by Gasteiger charge is 2.43. The van der Waals surface area contributed by atoms with Gasteiger partial charge in [0.25, 0.3) is 0 Å². The Morgan fingerprint density at radius 3 is 2.87 bits per heavy atom. The molecule has 0 spiro atoms. The summed E-state index contributed by atoms with van der Waals surface area (Å²) in [6.07, 6.45) is 10.4. The minimum atomic E-state index is 0.402. The largest absolute Gasteiger partial charge is 0.381 e. The van der Waals surface area contributed by atoms with Gasteiger partial charge in [-0.2, -0.15) is 0 Å². The summed E-state index contributed by atoms with van der Waals surface area (Å²) in [5.74, 6) is 1.90. The lowest BCUT2D eigenvalue weighted by atomic mass is 9.90. The number of anilines is 1. The number of nitrogens with zero attached hydrogens (tertiary/aromatic N) is 5. The molecule has 31 heavy (non-hydrogen) atoms. The van der Waals surface area contributed by atoms with Crippen LogP contribution >= 0.6 is 0 Å². The molecule has 1 N–H and O–H groups in total. The minimum absolute atomic E-state index is 0.402. The summed E-state index contributed by atoms with van der Waals surface area (Å²) in [6, 6.07) is 6.85. The molecule has 6 rings (SSSR count). The second-order valence-electron chi connectivity index (χ2n) is 9.04. The molecule has 3 aliphatic carbocycles. The van der Waals surface area contributed by atoms with E-state index in [9.17, 15) is 0 Å². The summed E-state index contributed by atoms with van der Waals surface area (Å²) in [5.41, 5.74) is 6.82. The second kappa shape index (κ2) is 7.41. The fourth-order valence-electron chi connectivity index (χ4n) is 5.22. The predicted octanol–water partition coefficient (Wildman–Crippen LogP) is 4.16. The lowest BCUT2D eigenvalue weighted by Gasteiger charge is -2.28. The first kappa shape index (κ1) is 18.9. The third kappa shape index (κ3) is 3.31. The van der Waals surface area contributed by atoms with E-state index in [1.807, 2.05) is 18.0 Å². The van der Waals surface area contributed by atoms with Crippen molar-refractivity contribution in [2.45, 2.75) is 63.6 Å². The first-order valence-electron chi connectivity index (χ1n) is 11.5. The highest BCUT2D eigenvalue weighted by atomic mass is 16.5. The molecule has 0 aliphatic heterocycles. The van der Waals surface area contributed by atoms with Crippen molar-refractivity contribution in [3.8, 4) is 0 Å². The normalized spacial score (nSPS) is 26.8. The number of fused-ring (bicyclic) bond motifs is 4. The van der Waals surface area contributed by atoms with Crippen LogP contribution in [-0.2, 0) is 11.3 Å². The Bertz CT molecular complexity index is 1160. The van der Waals surface area contributed by atoms with Gasteiger partial charge in [0.05, 0.1) is 17.3 Å². The highest BCUT2D eigenvalue weighted by Crippen LogP contribution is 2.55. The van der Waals surface area contributed by atoms with Crippen molar-refractivity contribution in [1.29, 1.82) is 0 Å². The first-order valence-corrected chi connectivity index (χ1v) is 11.5. The van der Waals surface area contributed by atoms with Crippen LogP contribution in [0.25, 0.3) is 16.6 Å². The maximum Gasteiger partial charge on any atom is 0.223 e. The van der Waals surface area contributed by atoms with Crippen molar-refractivity contribution in [3.05, 3.63) is 47.3 Å². The Kier molecular flexibility index (Phi) is 4.52. The van der Waals surface area contributed by atoms with Crippen LogP contribution in [0.1, 0.15) is 61.8 Å². The van der Waals surface area contributed by atoms with Gasteiger partial charge in [-0.05, 0) is 68.2 Å². The van der Waals surface area contributed by atoms with E-state index in [1.54, 1.807) is 0 Å². The van der Waals surface area contributed by atoms with Crippen LogP contribution in [0.15, 0.2) is 30.5 Å². The molecule has 0 radical (unpaired) electrons. The molecule has 2 fully saturated rings. The zero-order chi connectivity index (χ0) is 20.9. The smallest absolute Gasteiger partial charge is 0.223 e. The van der Waals surface area contributed by atoms with Crippen molar-refractivity contribution >= 4 is 22.6 Å². The summed E-state index contributed by atoms with van der Waals surface area (Å²) >= 11 is 0. The lowest BCUT2D eigenvalue weighted by Crippen LogP contribution is -2.30. The molecule has 0 amide bonds. The highest BCUT2D eigenvalue weighted by molar-refractivity contribution is 5.88. The maximum atomic E-state index is 5.50. The van der Waals surface area contributed by atoms with E-state index in [0.29, 0.717) is 24.0 Å². The molecular weight excluding hydrogens is 388 g/mol. The van der Waals surface area contributed by atoms with E-state index >= 15 is 0 Å². The molecule has 7 heteroatoms. The van der Waals surface area contributed by atoms with Crippen molar-refractivity contribution in [2.24, 2.45) is 5.92 Å². The van der Waals surface area contributed by atoms with Crippen LogP contribution < -0.4 is 5.32 Å². The molecule has 0 bridgehead atoms. The molecule has 2 aromatic heterocycles. The molecule has 2 heterocycles. The van der Waals surface area contributed by atoms with Crippen molar-refractivity contribution in [2.75, 3.05) is 12.4 Å². The lowest BCUT2D eigenvalue weighted by molar-refractivity contribution is 0.0681. The molecule has 2 saturated carbocycles. The van der Waals surface area contributed by atoms with Crippen molar-refractivity contribution in [1.82, 2.24) is 25.0 Å². The second-order valence-corrected chi connectivity index (χ2v) is 9.04. The Labute approximate surface area is 181 Å². The number of aryl methyl sites for hydroxylation is 1. The van der Waals surface area contributed by atoms with Gasteiger partial charge in [0.1, 0.15) is 5.52 Å². The monoisotopic (exact) mass is 416 g/mol. The Morgan fingerprint density at radius 1 is 1.19 bits per heavy atom. The third-order valence-corrected chi connectivity index (χ3v) is 7.15. The van der Waals surface area contributed by atoms with E-state index in [1.165, 1.54) is 28.8 Å². The third-order valence-electron chi connectivity index (χ3n) is 7.15. The number of aromatic nitrogens is 5. The number of ether oxygens (including phenoxy) is 1. The number of nitrogens with one attached hydrogen (secondary N) is 1. The summed E-state index contributed by atoms with van der Waals surface area (Å²) < 4.78 is 7.45. The summed E-state index contributed by atoms with van der Waals surface area (Å²) in [7, 11) is 1.81. The molecular formula is C24H28N6O. The van der Waals surface area contributed by atoms with Gasteiger partial charge in [-0.3, -0.25) is 0 Å². The first-order chi connectivity index (χ1) is 15.2. The number of rotatable bonds is 5. The molecule has 7 nitrogen and oxygen atoms in total. The van der Waals surface area contributed by atoms with E-state index < -0.39 is 0 Å². The number of methoxy groups -OCH3 is 1. The standard InChI is InChI=1S/C24H28N6O/c1-3-30-22-12-14(4-9-21(22)28-29-30)18-10-15-11-19(15)23-20(18)13-25-24(27-23)26-16-5-7-17(31-2)8-6-16/h4,9-10,12-13,15-17,19H,3,5-8,11H2,1-2H3,(H,25,26,27)/t15-,16?,17?,19?/m0/s1. The van der Waals surface area contributed by atoms with Gasteiger partial charge >= 0.3 is 0 Å². The van der Waals surface area contributed by atoms with Crippen LogP contribution in [0.3, 0.4) is 0 Å². The SMILES string of the molecule is CCn1nnc2ccc(C3=C[C@H]4CC4c4nc(NC5CCC(OC)CC5)ncc43)cc21. The molecule has 1 aromatic carbocycles. The summed E-state index contributed by atoms with van der Waals surface area (Å²) in [6.45, 7) is 2.90. The van der Waals surface area contributed by atoms with E-state index in [0.717, 1.165) is 49.2 Å². The van der Waals surface area contributed by atoms with Crippen LogP contribution in [-0.4, -0.2) is 44.2 Å². The fourth-order valence-corrected chi connectivity index (χ4v) is 5.22. The fraction of sp³-hybridized carbons (Fsp3) is 0.500. The van der Waals surface area contributed by atoms with Gasteiger partial charge in [-0.25, -0.2) is 14.6 Å². The van der Waals surface area contributed by atoms with Crippen molar-refractivity contribution < 1.29 is 4.74 Å². The number of benzene rings is 1. The average Bonchev–Trinajstić information content (AvgIpc) is 3.49. The topological polar surface area (TPSA) is 77.8 Å². The van der Waals surface area contributed by atoms with Crippen LogP contribution in [0.5, 0.6) is 0 Å². The Balaban J connectivity index is 1.29. The Hall–Kier alpha value is -2.80. The Morgan fingerprint density at radius 2 is 2.06 bits per heavy atom. The molecule has 1 unspecified atom stereocenters. The van der Waals surface area contributed by atoms with Crippen molar-refractivity contribution in [3.63, 3.8) is 0 Å². The van der Waals surface area contributed by atoms with Crippen LogP contribution in [0, 0.1) is 5.92 Å². The summed E-state index contributed by atoms with van der Waals surface area (Å²) in [5, 5.41) is 12.1. The van der Waals surface area contributed by atoms with Gasteiger partial charge in [-0.15, -0.1) is 5.10 Å². The van der Waals surface area contributed by atoms with E-state index in [-0.39, 0.29) is 0 Å². The van der Waals surface area contributed by atoms with Gasteiger partial charge < -0.3 is 10.1 Å². The number of hydrogen-bond donors (Lipinski definition) is 1. The average molecular weight is 417 g/mol.